The van der Waals surface area contributed by atoms with Crippen molar-refractivity contribution < 1.29 is 18.0 Å². The second kappa shape index (κ2) is 7.87. The molecule has 0 saturated carbocycles. The van der Waals surface area contributed by atoms with Crippen molar-refractivity contribution in [3.05, 3.63) is 95.1 Å². The van der Waals surface area contributed by atoms with Gasteiger partial charge < -0.3 is 4.42 Å². The first-order valence-corrected chi connectivity index (χ1v) is 10.1. The van der Waals surface area contributed by atoms with Crippen molar-refractivity contribution in [3.63, 3.8) is 0 Å². The minimum Gasteiger partial charge on any atom is -0.444 e. The molecule has 6 heteroatoms. The molecule has 31 heavy (non-hydrogen) atoms. The predicted molar refractivity (Wildman–Crippen MR) is 112 cm³/mol. The fraction of sp³-hybridized carbons (Fsp3) is 0.160. The van der Waals surface area contributed by atoms with E-state index in [2.05, 4.69) is 16.0 Å². The van der Waals surface area contributed by atoms with Gasteiger partial charge >= 0.3 is 0 Å². The van der Waals surface area contributed by atoms with Gasteiger partial charge in [0.15, 0.2) is 17.9 Å². The van der Waals surface area contributed by atoms with Crippen LogP contribution in [0.2, 0.25) is 0 Å². The minimum atomic E-state index is -0.846. The van der Waals surface area contributed by atoms with Gasteiger partial charge in [-0.1, -0.05) is 24.3 Å². The van der Waals surface area contributed by atoms with Gasteiger partial charge in [0.05, 0.1) is 17.5 Å². The molecule has 0 amide bonds. The Morgan fingerprint density at radius 2 is 1.81 bits per heavy atom. The lowest BCUT2D eigenvalue weighted by Crippen LogP contribution is -2.10. The summed E-state index contributed by atoms with van der Waals surface area (Å²) in [6.45, 7) is 0. The molecule has 1 aliphatic rings. The fourth-order valence-corrected chi connectivity index (χ4v) is 4.12. The van der Waals surface area contributed by atoms with Crippen LogP contribution in [0.25, 0.3) is 22.6 Å². The van der Waals surface area contributed by atoms with Crippen LogP contribution in [0.1, 0.15) is 33.5 Å². The molecule has 154 valence electrons. The number of oxazole rings is 1. The lowest BCUT2D eigenvalue weighted by Gasteiger charge is -2.12. The number of hydrogen-bond donors (Lipinski definition) is 0. The van der Waals surface area contributed by atoms with Gasteiger partial charge in [0.1, 0.15) is 11.6 Å². The zero-order valence-electron chi connectivity index (χ0n) is 16.6. The molecule has 4 nitrogen and oxygen atoms in total. The lowest BCUT2D eigenvalue weighted by molar-refractivity contribution is 0.0985. The van der Waals surface area contributed by atoms with Gasteiger partial charge in [0.25, 0.3) is 0 Å². The van der Waals surface area contributed by atoms with Gasteiger partial charge in [-0.3, -0.25) is 9.78 Å². The predicted octanol–water partition coefficient (Wildman–Crippen LogP) is 5.60. The third-order valence-electron chi connectivity index (χ3n) is 5.60. The van der Waals surface area contributed by atoms with Crippen molar-refractivity contribution in [2.45, 2.75) is 25.7 Å². The summed E-state index contributed by atoms with van der Waals surface area (Å²) >= 11 is 0. The normalized spacial score (nSPS) is 12.7. The third-order valence-corrected chi connectivity index (χ3v) is 5.60. The molecular formula is C25H18F2N2O2. The van der Waals surface area contributed by atoms with E-state index in [0.717, 1.165) is 53.8 Å². The molecule has 0 atom stereocenters. The summed E-state index contributed by atoms with van der Waals surface area (Å²) < 4.78 is 33.3. The number of hydrogen-bond acceptors (Lipinski definition) is 4. The van der Waals surface area contributed by atoms with E-state index < -0.39 is 23.0 Å². The Bertz CT molecular complexity index is 1260. The number of benzene rings is 2. The number of aryl methyl sites for hydroxylation is 2. The minimum absolute atomic E-state index is 0.108. The van der Waals surface area contributed by atoms with Crippen LogP contribution >= 0.6 is 0 Å². The number of Topliss-reactive ketones (excluding diaryl/α,β-unsaturated/α-hetero) is 1. The van der Waals surface area contributed by atoms with Crippen molar-refractivity contribution in [2.24, 2.45) is 0 Å². The van der Waals surface area contributed by atoms with Gasteiger partial charge in [0, 0.05) is 23.7 Å². The maximum absolute atomic E-state index is 14.0. The van der Waals surface area contributed by atoms with Gasteiger partial charge in [-0.05, 0) is 54.2 Å². The van der Waals surface area contributed by atoms with Crippen LogP contribution in [0.15, 0.2) is 65.7 Å². The van der Waals surface area contributed by atoms with Crippen LogP contribution in [0.4, 0.5) is 8.78 Å². The monoisotopic (exact) mass is 416 g/mol. The lowest BCUT2D eigenvalue weighted by atomic mass is 9.96. The van der Waals surface area contributed by atoms with E-state index in [1.165, 1.54) is 18.0 Å². The van der Waals surface area contributed by atoms with Gasteiger partial charge in [-0.15, -0.1) is 0 Å². The molecule has 1 aliphatic carbocycles. The molecule has 5 rings (SSSR count). The standard InChI is InChI=1S/C25H18F2N2O2/c26-20-5-2-6-21(27)24(20)22(30)10-15-9-18-4-1-3-16-7-8-17(23-13-28-14-31-23)11-19(16)25(18)29-12-15/h2,5-9,11-14H,1,3-4,10H2. The highest BCUT2D eigenvalue weighted by atomic mass is 19.1. The molecule has 2 aromatic heterocycles. The first-order chi connectivity index (χ1) is 15.1. The molecule has 2 heterocycles. The van der Waals surface area contributed by atoms with Crippen LogP contribution in [-0.2, 0) is 19.3 Å². The first kappa shape index (κ1) is 19.3. The van der Waals surface area contributed by atoms with Crippen LogP contribution in [0.3, 0.4) is 0 Å². The van der Waals surface area contributed by atoms with Crippen LogP contribution in [-0.4, -0.2) is 15.8 Å². The molecular weight excluding hydrogens is 398 g/mol. The molecule has 0 spiro atoms. The average Bonchev–Trinajstić information content (AvgIpc) is 3.23. The zero-order valence-corrected chi connectivity index (χ0v) is 16.6. The number of nitrogens with zero attached hydrogens (tertiary/aromatic N) is 2. The number of aromatic nitrogens is 2. The van der Waals surface area contributed by atoms with E-state index in [4.69, 9.17) is 4.42 Å². The summed E-state index contributed by atoms with van der Waals surface area (Å²) in [5, 5.41) is 0. The number of halogens is 2. The summed E-state index contributed by atoms with van der Waals surface area (Å²) in [5.74, 6) is -1.61. The summed E-state index contributed by atoms with van der Waals surface area (Å²) in [6, 6.07) is 11.5. The van der Waals surface area contributed by atoms with Crippen LogP contribution < -0.4 is 0 Å². The number of carbonyl (C=O) groups is 1. The highest BCUT2D eigenvalue weighted by Crippen LogP contribution is 2.34. The third kappa shape index (κ3) is 3.65. The Morgan fingerprint density at radius 1 is 1.00 bits per heavy atom. The maximum Gasteiger partial charge on any atom is 0.181 e. The van der Waals surface area contributed by atoms with Gasteiger partial charge in [0.2, 0.25) is 0 Å². The van der Waals surface area contributed by atoms with Crippen molar-refractivity contribution in [3.8, 4) is 22.6 Å². The Labute approximate surface area is 177 Å². The summed E-state index contributed by atoms with van der Waals surface area (Å²) in [6.07, 6.45) is 7.25. The van der Waals surface area contributed by atoms with Crippen molar-refractivity contribution in [1.29, 1.82) is 0 Å². The molecule has 0 unspecified atom stereocenters. The molecule has 2 aromatic carbocycles. The van der Waals surface area contributed by atoms with Crippen LogP contribution in [0, 0.1) is 11.6 Å². The SMILES string of the molecule is O=C(Cc1cnc2c(c1)CCCc1ccc(-c3cnco3)cc1-2)c1c(F)cccc1F. The highest BCUT2D eigenvalue weighted by molar-refractivity contribution is 5.98. The second-order valence-corrected chi connectivity index (χ2v) is 7.64. The van der Waals surface area contributed by atoms with Crippen molar-refractivity contribution in [1.82, 2.24) is 9.97 Å². The van der Waals surface area contributed by atoms with E-state index in [1.54, 1.807) is 12.4 Å². The Kier molecular flexibility index (Phi) is 4.90. The number of fused-ring (bicyclic) bond motifs is 3. The quantitative estimate of drug-likeness (QED) is 0.407. The molecule has 0 radical (unpaired) electrons. The van der Waals surface area contributed by atoms with Gasteiger partial charge in [-0.2, -0.15) is 0 Å². The highest BCUT2D eigenvalue weighted by Gasteiger charge is 2.21. The van der Waals surface area contributed by atoms with E-state index in [-0.39, 0.29) is 6.42 Å². The summed E-state index contributed by atoms with van der Waals surface area (Å²) in [4.78, 5) is 21.2. The average molecular weight is 416 g/mol. The van der Waals surface area contributed by atoms with Crippen molar-refractivity contribution in [2.75, 3.05) is 0 Å². The number of carbonyl (C=O) groups excluding carboxylic acids is 1. The van der Waals surface area contributed by atoms with Gasteiger partial charge in [-0.25, -0.2) is 13.8 Å². The molecule has 0 aliphatic heterocycles. The van der Waals surface area contributed by atoms with Crippen LogP contribution in [0.5, 0.6) is 0 Å². The second-order valence-electron chi connectivity index (χ2n) is 7.64. The Morgan fingerprint density at radius 3 is 2.58 bits per heavy atom. The van der Waals surface area contributed by atoms with E-state index in [0.29, 0.717) is 11.3 Å². The fourth-order valence-electron chi connectivity index (χ4n) is 4.12. The topological polar surface area (TPSA) is 56.0 Å². The Hall–Kier alpha value is -3.67. The van der Waals surface area contributed by atoms with E-state index >= 15 is 0 Å². The molecule has 0 fully saturated rings. The Balaban J connectivity index is 1.50. The van der Waals surface area contributed by atoms with E-state index in [9.17, 15) is 13.6 Å². The summed E-state index contributed by atoms with van der Waals surface area (Å²) in [5.41, 5.74) is 5.17. The molecule has 0 bridgehead atoms. The number of pyridine rings is 1. The first-order valence-electron chi connectivity index (χ1n) is 10.1. The molecule has 0 saturated heterocycles. The smallest absolute Gasteiger partial charge is 0.181 e. The maximum atomic E-state index is 14.0. The molecule has 4 aromatic rings. The molecule has 0 N–H and O–H groups in total. The number of rotatable bonds is 4. The largest absolute Gasteiger partial charge is 0.444 e. The van der Waals surface area contributed by atoms with Crippen molar-refractivity contribution >= 4 is 5.78 Å². The number of ketones is 1. The summed E-state index contributed by atoms with van der Waals surface area (Å²) in [7, 11) is 0. The van der Waals surface area contributed by atoms with E-state index in [1.807, 2.05) is 18.2 Å². The zero-order chi connectivity index (χ0) is 21.4.